The van der Waals surface area contributed by atoms with E-state index in [0.717, 1.165) is 6.07 Å². The van der Waals surface area contributed by atoms with Gasteiger partial charge in [0.25, 0.3) is 15.9 Å². The Morgan fingerprint density at radius 1 is 1.14 bits per heavy atom. The molecule has 0 aliphatic carbocycles. The lowest BCUT2D eigenvalue weighted by Gasteiger charge is -2.38. The van der Waals surface area contributed by atoms with Crippen LogP contribution in [0.4, 0.5) is 29.3 Å². The maximum absolute atomic E-state index is 13.3. The number of halogens is 3. The van der Waals surface area contributed by atoms with Crippen molar-refractivity contribution in [1.29, 1.82) is 0 Å². The average Bonchev–Trinajstić information content (AvgIpc) is 2.61. The Morgan fingerprint density at radius 2 is 1.79 bits per heavy atom. The van der Waals surface area contributed by atoms with Gasteiger partial charge in [-0.05, 0) is 18.2 Å². The Kier molecular flexibility index (Phi) is 4.46. The molecule has 2 aromatic carbocycles. The van der Waals surface area contributed by atoms with Gasteiger partial charge in [-0.15, -0.1) is 0 Å². The summed E-state index contributed by atoms with van der Waals surface area (Å²) in [5.41, 5.74) is -0.520. The topological polar surface area (TPSA) is 105 Å². The quantitative estimate of drug-likeness (QED) is 0.732. The van der Waals surface area contributed by atoms with Crippen LogP contribution in [0.15, 0.2) is 35.2 Å². The third-order valence-electron chi connectivity index (χ3n) is 4.42. The molecule has 29 heavy (non-hydrogen) atoms. The van der Waals surface area contributed by atoms with E-state index in [1.54, 1.807) is 0 Å². The lowest BCUT2D eigenvalue weighted by molar-refractivity contribution is -0.0253. The Bertz CT molecular complexity index is 1130. The third-order valence-corrected chi connectivity index (χ3v) is 6.29. The number of sulfonamides is 1. The van der Waals surface area contributed by atoms with Crippen molar-refractivity contribution in [3.63, 3.8) is 0 Å². The zero-order valence-electron chi connectivity index (χ0n) is 14.4. The molecule has 0 spiro atoms. The zero-order chi connectivity index (χ0) is 20.9. The van der Waals surface area contributed by atoms with E-state index in [-0.39, 0.29) is 35.0 Å². The lowest BCUT2D eigenvalue weighted by Crippen LogP contribution is -2.57. The molecule has 2 aliphatic rings. The van der Waals surface area contributed by atoms with Gasteiger partial charge in [0.05, 0.1) is 24.9 Å². The molecule has 0 atom stereocenters. The molecule has 0 radical (unpaired) electrons. The maximum Gasteiger partial charge on any atom is 0.336 e. The van der Waals surface area contributed by atoms with Crippen LogP contribution in [0, 0.1) is 17.5 Å². The van der Waals surface area contributed by atoms with Crippen LogP contribution >= 0.6 is 0 Å². The second-order valence-electron chi connectivity index (χ2n) is 6.34. The summed E-state index contributed by atoms with van der Waals surface area (Å²) in [5, 5.41) is 4.60. The van der Waals surface area contributed by atoms with Crippen molar-refractivity contribution in [3.8, 4) is 0 Å². The van der Waals surface area contributed by atoms with Gasteiger partial charge in [-0.25, -0.2) is 30.7 Å². The maximum atomic E-state index is 13.3. The summed E-state index contributed by atoms with van der Waals surface area (Å²) in [6.07, 6.45) is 0. The number of nitrogens with zero attached hydrogens (tertiary/aromatic N) is 1. The summed E-state index contributed by atoms with van der Waals surface area (Å²) in [5.74, 6) is -5.55. The molecule has 2 aromatic rings. The van der Waals surface area contributed by atoms with Crippen molar-refractivity contribution in [2.24, 2.45) is 0 Å². The minimum absolute atomic E-state index is 0.0121. The number of carbonyl (C=O) groups is 2. The fraction of sp³-hybridized carbons (Fsp3) is 0.176. The number of fused-ring (bicyclic) bond motifs is 1. The number of ether oxygens (including phenoxy) is 1. The summed E-state index contributed by atoms with van der Waals surface area (Å²) < 4.78 is 70.9. The molecule has 4 rings (SSSR count). The number of hydrogen-bond acceptors (Lipinski definition) is 5. The lowest BCUT2D eigenvalue weighted by atomic mass is 10.1. The van der Waals surface area contributed by atoms with Crippen molar-refractivity contribution in [1.82, 2.24) is 4.31 Å². The number of nitrogens with one attached hydrogen (secondary N) is 2. The van der Waals surface area contributed by atoms with Gasteiger partial charge < -0.3 is 15.4 Å². The minimum atomic E-state index is -4.25. The highest BCUT2D eigenvalue weighted by molar-refractivity contribution is 7.90. The first-order valence-corrected chi connectivity index (χ1v) is 9.65. The summed E-state index contributed by atoms with van der Waals surface area (Å²) in [7, 11) is -4.25. The van der Waals surface area contributed by atoms with E-state index < -0.39 is 45.5 Å². The van der Waals surface area contributed by atoms with E-state index in [4.69, 9.17) is 4.74 Å². The van der Waals surface area contributed by atoms with Crippen LogP contribution in [0.5, 0.6) is 0 Å². The van der Waals surface area contributed by atoms with Crippen LogP contribution in [0.25, 0.3) is 0 Å². The highest BCUT2D eigenvalue weighted by Crippen LogP contribution is 2.33. The first kappa shape index (κ1) is 19.2. The van der Waals surface area contributed by atoms with Crippen molar-refractivity contribution in [2.75, 3.05) is 23.8 Å². The van der Waals surface area contributed by atoms with Crippen LogP contribution in [0.1, 0.15) is 10.4 Å². The van der Waals surface area contributed by atoms with Gasteiger partial charge in [-0.1, -0.05) is 0 Å². The Morgan fingerprint density at radius 3 is 2.38 bits per heavy atom. The number of anilines is 2. The predicted molar refractivity (Wildman–Crippen MR) is 93.4 cm³/mol. The van der Waals surface area contributed by atoms with Crippen LogP contribution < -0.4 is 10.6 Å². The van der Waals surface area contributed by atoms with Crippen molar-refractivity contribution in [3.05, 3.63) is 53.3 Å². The van der Waals surface area contributed by atoms with E-state index >= 15 is 0 Å². The van der Waals surface area contributed by atoms with E-state index in [1.165, 1.54) is 12.1 Å². The minimum Gasteiger partial charge on any atom is -0.377 e. The van der Waals surface area contributed by atoms with Crippen LogP contribution in [0.2, 0.25) is 0 Å². The number of benzene rings is 2. The van der Waals surface area contributed by atoms with Crippen LogP contribution in [0.3, 0.4) is 0 Å². The molecule has 0 unspecified atom stereocenters. The van der Waals surface area contributed by atoms with Crippen molar-refractivity contribution >= 4 is 33.3 Å². The molecule has 8 nitrogen and oxygen atoms in total. The standard InChI is InChI=1S/C17H12F3N3O5S/c18-11-4-9(5-12(19)15(11)20)21-16(24)8-1-2-13-14(3-8)29(26,27)23(17(25)22-13)10-6-28-7-10/h1-5,10H,6-7H2,(H,21,24)(H,22,25). The van der Waals surface area contributed by atoms with Gasteiger partial charge in [0, 0.05) is 23.4 Å². The highest BCUT2D eigenvalue weighted by Gasteiger charge is 2.44. The van der Waals surface area contributed by atoms with E-state index in [9.17, 15) is 31.2 Å². The third kappa shape index (κ3) is 3.19. The molecule has 1 saturated heterocycles. The van der Waals surface area contributed by atoms with Crippen molar-refractivity contribution < 1.29 is 35.9 Å². The average molecular weight is 427 g/mol. The molecule has 2 N–H and O–H groups in total. The van der Waals surface area contributed by atoms with Crippen molar-refractivity contribution in [2.45, 2.75) is 10.9 Å². The summed E-state index contributed by atoms with van der Waals surface area (Å²) >= 11 is 0. The van der Waals surface area contributed by atoms with Crippen LogP contribution in [-0.4, -0.2) is 43.9 Å². The molecule has 3 amide bonds. The molecule has 2 heterocycles. The fourth-order valence-electron chi connectivity index (χ4n) is 2.92. The monoisotopic (exact) mass is 427 g/mol. The number of carbonyl (C=O) groups excluding carboxylic acids is 2. The molecule has 152 valence electrons. The van der Waals surface area contributed by atoms with Gasteiger partial charge in [0.2, 0.25) is 0 Å². The van der Waals surface area contributed by atoms with E-state index in [2.05, 4.69) is 10.6 Å². The summed E-state index contributed by atoms with van der Waals surface area (Å²) in [6, 6.07) is 3.16. The Hall–Kier alpha value is -3.12. The van der Waals surface area contributed by atoms with E-state index in [0.29, 0.717) is 16.4 Å². The zero-order valence-corrected chi connectivity index (χ0v) is 15.2. The van der Waals surface area contributed by atoms with Gasteiger partial charge in [-0.3, -0.25) is 4.79 Å². The molecule has 2 aliphatic heterocycles. The second-order valence-corrected chi connectivity index (χ2v) is 8.12. The molecular weight excluding hydrogens is 415 g/mol. The van der Waals surface area contributed by atoms with Crippen LogP contribution in [-0.2, 0) is 14.8 Å². The number of rotatable bonds is 3. The normalized spacial score (nSPS) is 17.9. The first-order chi connectivity index (χ1) is 13.7. The molecule has 0 bridgehead atoms. The molecule has 1 fully saturated rings. The Labute approximate surface area is 162 Å². The summed E-state index contributed by atoms with van der Waals surface area (Å²) in [6.45, 7) is 0.119. The van der Waals surface area contributed by atoms with Gasteiger partial charge in [-0.2, -0.15) is 0 Å². The number of hydrogen-bond donors (Lipinski definition) is 2. The largest absolute Gasteiger partial charge is 0.377 e. The second kappa shape index (κ2) is 6.74. The summed E-state index contributed by atoms with van der Waals surface area (Å²) in [4.78, 5) is 24.2. The van der Waals surface area contributed by atoms with Gasteiger partial charge >= 0.3 is 6.03 Å². The van der Waals surface area contributed by atoms with Gasteiger partial charge in [0.1, 0.15) is 4.90 Å². The first-order valence-electron chi connectivity index (χ1n) is 8.21. The number of urea groups is 1. The van der Waals surface area contributed by atoms with Gasteiger partial charge in [0.15, 0.2) is 17.5 Å². The highest BCUT2D eigenvalue weighted by atomic mass is 32.2. The fourth-order valence-corrected chi connectivity index (χ4v) is 4.58. The molecular formula is C17H12F3N3O5S. The van der Waals surface area contributed by atoms with E-state index in [1.807, 2.05) is 0 Å². The predicted octanol–water partition coefficient (Wildman–Crippen LogP) is 2.29. The molecule has 0 aromatic heterocycles. The SMILES string of the molecule is O=C(Nc1cc(F)c(F)c(F)c1)c1ccc2c(c1)S(=O)(=O)N(C1COC1)C(=O)N2. The Balaban J connectivity index is 1.66. The molecule has 12 heteroatoms. The molecule has 0 saturated carbocycles. The number of amides is 3. The smallest absolute Gasteiger partial charge is 0.336 e.